The van der Waals surface area contributed by atoms with Crippen LogP contribution in [0.4, 0.5) is 0 Å². The van der Waals surface area contributed by atoms with Crippen molar-refractivity contribution in [2.75, 3.05) is 7.11 Å². The first-order valence-corrected chi connectivity index (χ1v) is 8.49. The number of carbonyl (C=O) groups excluding carboxylic acids is 3. The number of thioether (sulfide) groups is 1. The summed E-state index contributed by atoms with van der Waals surface area (Å²) in [5.74, 6) is 0.476. The van der Waals surface area contributed by atoms with E-state index in [9.17, 15) is 14.4 Å². The molecule has 25 heavy (non-hydrogen) atoms. The fraction of sp³-hybridized carbons (Fsp3) is 0.211. The zero-order valence-electron chi connectivity index (χ0n) is 13.9. The average molecular weight is 358 g/mol. The van der Waals surface area contributed by atoms with E-state index in [0.29, 0.717) is 17.1 Å². The van der Waals surface area contributed by atoms with Crippen molar-refractivity contribution in [1.29, 1.82) is 0 Å². The maximum Gasteiger partial charge on any atom is 0.319 e. The van der Waals surface area contributed by atoms with Crippen molar-refractivity contribution < 1.29 is 23.9 Å². The molecule has 130 valence electrons. The van der Waals surface area contributed by atoms with Crippen LogP contribution in [0.1, 0.15) is 23.7 Å². The van der Waals surface area contributed by atoms with Crippen molar-refractivity contribution in [3.05, 3.63) is 60.2 Å². The Balaban J connectivity index is 2.03. The van der Waals surface area contributed by atoms with Gasteiger partial charge in [0.05, 0.1) is 7.11 Å². The first-order valence-electron chi connectivity index (χ1n) is 7.61. The smallest absolute Gasteiger partial charge is 0.319 e. The number of benzene rings is 2. The summed E-state index contributed by atoms with van der Waals surface area (Å²) in [6.45, 7) is 1.35. The van der Waals surface area contributed by atoms with E-state index in [1.54, 1.807) is 24.3 Å². The van der Waals surface area contributed by atoms with Crippen molar-refractivity contribution in [3.63, 3.8) is 0 Å². The Morgan fingerprint density at radius 3 is 2.12 bits per heavy atom. The summed E-state index contributed by atoms with van der Waals surface area (Å²) < 4.78 is 10.3. The largest absolute Gasteiger partial charge is 0.468 e. The second kappa shape index (κ2) is 9.03. The highest BCUT2D eigenvalue weighted by atomic mass is 32.2. The summed E-state index contributed by atoms with van der Waals surface area (Å²) in [5, 5.41) is -1.08. The molecule has 6 heteroatoms. The number of rotatable bonds is 7. The Morgan fingerprint density at radius 2 is 1.56 bits per heavy atom. The van der Waals surface area contributed by atoms with Crippen LogP contribution in [0.15, 0.2) is 54.6 Å². The molecule has 0 aliphatic rings. The second-order valence-corrected chi connectivity index (χ2v) is 6.57. The minimum atomic E-state index is -0.838. The number of hydrogen-bond acceptors (Lipinski definition) is 6. The maximum absolute atomic E-state index is 12.4. The molecule has 0 aliphatic heterocycles. The second-order valence-electron chi connectivity index (χ2n) is 5.19. The van der Waals surface area contributed by atoms with Gasteiger partial charge in [0.15, 0.2) is 10.9 Å². The van der Waals surface area contributed by atoms with Crippen LogP contribution in [0.2, 0.25) is 0 Å². The molecule has 0 saturated carbocycles. The summed E-state index contributed by atoms with van der Waals surface area (Å²) >= 11 is 0.801. The fourth-order valence-electron chi connectivity index (χ4n) is 2.12. The van der Waals surface area contributed by atoms with E-state index in [0.717, 1.165) is 11.8 Å². The molecule has 0 bridgehead atoms. The minimum absolute atomic E-state index is 0.101. The van der Waals surface area contributed by atoms with Crippen LogP contribution in [0.5, 0.6) is 11.5 Å². The van der Waals surface area contributed by atoms with E-state index in [1.165, 1.54) is 14.0 Å². The van der Waals surface area contributed by atoms with Crippen LogP contribution in [0.25, 0.3) is 0 Å². The average Bonchev–Trinajstić information content (AvgIpc) is 2.61. The van der Waals surface area contributed by atoms with Gasteiger partial charge in [0, 0.05) is 18.9 Å². The van der Waals surface area contributed by atoms with Gasteiger partial charge in [-0.3, -0.25) is 14.4 Å². The molecule has 2 aromatic rings. The van der Waals surface area contributed by atoms with Crippen LogP contribution < -0.4 is 4.74 Å². The molecule has 1 atom stereocenters. The summed E-state index contributed by atoms with van der Waals surface area (Å²) in [4.78, 5) is 35.3. The number of para-hydroxylation sites is 1. The van der Waals surface area contributed by atoms with Gasteiger partial charge in [0.2, 0.25) is 0 Å². The fourth-order valence-corrected chi connectivity index (χ4v) is 2.95. The number of Topliss-reactive ketones (excluding diaryl/α,β-unsaturated/α-hetero) is 1. The van der Waals surface area contributed by atoms with Gasteiger partial charge < -0.3 is 9.47 Å². The zero-order valence-corrected chi connectivity index (χ0v) is 14.7. The minimum Gasteiger partial charge on any atom is -0.468 e. The van der Waals surface area contributed by atoms with Crippen LogP contribution in [-0.2, 0) is 14.3 Å². The van der Waals surface area contributed by atoms with Crippen LogP contribution in [-0.4, -0.2) is 29.2 Å². The Bertz CT molecular complexity index is 740. The van der Waals surface area contributed by atoms with E-state index >= 15 is 0 Å². The number of hydrogen-bond donors (Lipinski definition) is 0. The Morgan fingerprint density at radius 1 is 0.960 bits per heavy atom. The van der Waals surface area contributed by atoms with Crippen LogP contribution >= 0.6 is 11.8 Å². The van der Waals surface area contributed by atoms with Gasteiger partial charge in [-0.25, -0.2) is 0 Å². The lowest BCUT2D eigenvalue weighted by Gasteiger charge is -2.12. The SMILES string of the molecule is COC(=O)C(CC(=O)c1ccc(Oc2ccccc2)cc1)SC(C)=O. The Kier molecular flexibility index (Phi) is 6.77. The van der Waals surface area contributed by atoms with Crippen molar-refractivity contribution in [3.8, 4) is 11.5 Å². The lowest BCUT2D eigenvalue weighted by atomic mass is 10.1. The lowest BCUT2D eigenvalue weighted by molar-refractivity contribution is -0.140. The lowest BCUT2D eigenvalue weighted by Crippen LogP contribution is -2.23. The molecule has 2 rings (SSSR count). The van der Waals surface area contributed by atoms with Crippen molar-refractivity contribution in [2.45, 2.75) is 18.6 Å². The predicted molar refractivity (Wildman–Crippen MR) is 96.0 cm³/mol. The molecule has 0 spiro atoms. The number of carbonyl (C=O) groups is 3. The van der Waals surface area contributed by atoms with E-state index in [1.807, 2.05) is 30.3 Å². The van der Waals surface area contributed by atoms with E-state index < -0.39 is 11.2 Å². The van der Waals surface area contributed by atoms with Gasteiger partial charge in [0.25, 0.3) is 0 Å². The van der Waals surface area contributed by atoms with Gasteiger partial charge in [-0.15, -0.1) is 0 Å². The van der Waals surface area contributed by atoms with Crippen LogP contribution in [0.3, 0.4) is 0 Å². The topological polar surface area (TPSA) is 69.7 Å². The molecule has 0 amide bonds. The molecule has 0 aromatic heterocycles. The molecule has 1 unspecified atom stereocenters. The van der Waals surface area contributed by atoms with Gasteiger partial charge in [-0.1, -0.05) is 30.0 Å². The van der Waals surface area contributed by atoms with Gasteiger partial charge >= 0.3 is 5.97 Å². The van der Waals surface area contributed by atoms with Crippen LogP contribution in [0, 0.1) is 0 Å². The first kappa shape index (κ1) is 18.7. The van der Waals surface area contributed by atoms with E-state index in [-0.39, 0.29) is 17.3 Å². The molecule has 0 saturated heterocycles. The van der Waals surface area contributed by atoms with Gasteiger partial charge in [-0.2, -0.15) is 0 Å². The van der Waals surface area contributed by atoms with Gasteiger partial charge in [-0.05, 0) is 36.4 Å². The highest BCUT2D eigenvalue weighted by Crippen LogP contribution is 2.23. The molecular weight excluding hydrogens is 340 g/mol. The third-order valence-electron chi connectivity index (χ3n) is 3.30. The first-order chi connectivity index (χ1) is 12.0. The molecular formula is C19H18O5S. The highest BCUT2D eigenvalue weighted by Gasteiger charge is 2.25. The third kappa shape index (κ3) is 5.76. The standard InChI is InChI=1S/C19H18O5S/c1-13(20)25-18(19(22)23-2)12-17(21)14-8-10-16(11-9-14)24-15-6-4-3-5-7-15/h3-11,18H,12H2,1-2H3. The maximum atomic E-state index is 12.4. The molecule has 0 radical (unpaired) electrons. The summed E-state index contributed by atoms with van der Waals surface area (Å²) in [6, 6.07) is 15.9. The molecule has 0 N–H and O–H groups in total. The number of methoxy groups -OCH3 is 1. The van der Waals surface area contributed by atoms with Crippen molar-refractivity contribution in [2.24, 2.45) is 0 Å². The summed E-state index contributed by atoms with van der Waals surface area (Å²) in [7, 11) is 1.23. The molecule has 2 aromatic carbocycles. The number of ether oxygens (including phenoxy) is 2. The molecule has 0 aliphatic carbocycles. The molecule has 0 fully saturated rings. The number of esters is 1. The Labute approximate surface area is 150 Å². The predicted octanol–water partition coefficient (Wildman–Crippen LogP) is 3.87. The Hall–Kier alpha value is -2.60. The van der Waals surface area contributed by atoms with Gasteiger partial charge in [0.1, 0.15) is 16.7 Å². The monoisotopic (exact) mass is 358 g/mol. The summed E-state index contributed by atoms with van der Waals surface area (Å²) in [5.41, 5.74) is 0.443. The van der Waals surface area contributed by atoms with E-state index in [4.69, 9.17) is 4.74 Å². The van der Waals surface area contributed by atoms with E-state index in [2.05, 4.69) is 4.74 Å². The zero-order chi connectivity index (χ0) is 18.2. The quantitative estimate of drug-likeness (QED) is 0.553. The third-order valence-corrected chi connectivity index (χ3v) is 4.27. The molecule has 5 nitrogen and oxygen atoms in total. The normalized spacial score (nSPS) is 11.4. The molecule has 0 heterocycles. The highest BCUT2D eigenvalue weighted by molar-refractivity contribution is 8.14. The van der Waals surface area contributed by atoms with Crippen molar-refractivity contribution >= 4 is 28.6 Å². The number of ketones is 1. The summed E-state index contributed by atoms with van der Waals surface area (Å²) in [6.07, 6.45) is -0.101. The van der Waals surface area contributed by atoms with Crippen molar-refractivity contribution in [1.82, 2.24) is 0 Å².